The predicted octanol–water partition coefficient (Wildman–Crippen LogP) is 3.42. The zero-order chi connectivity index (χ0) is 14.5. The van der Waals surface area contributed by atoms with Crippen molar-refractivity contribution in [2.75, 3.05) is 7.05 Å². The lowest BCUT2D eigenvalue weighted by atomic mass is 10.1. The van der Waals surface area contributed by atoms with Crippen LogP contribution in [0.5, 0.6) is 0 Å². The molecule has 1 aromatic carbocycles. The van der Waals surface area contributed by atoms with Crippen molar-refractivity contribution in [3.05, 3.63) is 58.3 Å². The Balaban J connectivity index is 2.15. The zero-order valence-corrected chi connectivity index (χ0v) is 12.1. The number of nitro groups is 1. The molecule has 0 aliphatic rings. The largest absolute Gasteiger partial charge is 0.313 e. The van der Waals surface area contributed by atoms with Crippen LogP contribution >= 0.6 is 11.8 Å². The van der Waals surface area contributed by atoms with E-state index >= 15 is 0 Å². The average molecular weight is 289 g/mol. The molecule has 0 aliphatic carbocycles. The molecule has 0 spiro atoms. The third-order valence-corrected chi connectivity index (χ3v) is 3.90. The van der Waals surface area contributed by atoms with Crippen LogP contribution in [0.4, 0.5) is 5.69 Å². The van der Waals surface area contributed by atoms with Crippen LogP contribution in [0, 0.1) is 10.1 Å². The Bertz CT molecular complexity index is 602. The molecule has 1 N–H and O–H groups in total. The molecule has 1 unspecified atom stereocenters. The van der Waals surface area contributed by atoms with Crippen molar-refractivity contribution in [1.82, 2.24) is 10.3 Å². The van der Waals surface area contributed by atoms with E-state index in [1.807, 2.05) is 19.2 Å². The van der Waals surface area contributed by atoms with E-state index in [9.17, 15) is 10.1 Å². The van der Waals surface area contributed by atoms with Gasteiger partial charge in [-0.1, -0.05) is 11.8 Å². The summed E-state index contributed by atoms with van der Waals surface area (Å²) >= 11 is 1.49. The van der Waals surface area contributed by atoms with Crippen LogP contribution in [0.1, 0.15) is 18.5 Å². The molecule has 0 saturated carbocycles. The van der Waals surface area contributed by atoms with Crippen molar-refractivity contribution in [2.45, 2.75) is 22.9 Å². The van der Waals surface area contributed by atoms with Crippen molar-refractivity contribution < 1.29 is 4.92 Å². The third-order valence-electron chi connectivity index (χ3n) is 2.96. The van der Waals surface area contributed by atoms with E-state index in [1.165, 1.54) is 23.9 Å². The second-order valence-electron chi connectivity index (χ2n) is 4.29. The Morgan fingerprint density at radius 2 is 2.00 bits per heavy atom. The lowest BCUT2D eigenvalue weighted by molar-refractivity contribution is -0.384. The van der Waals surface area contributed by atoms with E-state index < -0.39 is 4.92 Å². The zero-order valence-electron chi connectivity index (χ0n) is 11.2. The normalized spacial score (nSPS) is 12.1. The molecular weight excluding hydrogens is 274 g/mol. The summed E-state index contributed by atoms with van der Waals surface area (Å²) in [5.74, 6) is 0. The molecule has 0 aliphatic heterocycles. The maximum Gasteiger partial charge on any atom is 0.269 e. The monoisotopic (exact) mass is 289 g/mol. The summed E-state index contributed by atoms with van der Waals surface area (Å²) < 4.78 is 0. The van der Waals surface area contributed by atoms with Gasteiger partial charge < -0.3 is 5.32 Å². The van der Waals surface area contributed by atoms with E-state index in [-0.39, 0.29) is 11.7 Å². The highest BCUT2D eigenvalue weighted by Gasteiger charge is 2.07. The SMILES string of the molecule is CNC(C)c1ccnc(Sc2ccc([N+](=O)[O-])cc2)c1. The summed E-state index contributed by atoms with van der Waals surface area (Å²) in [6.07, 6.45) is 1.77. The first kappa shape index (κ1) is 14.5. The second kappa shape index (κ2) is 6.49. The molecule has 104 valence electrons. The van der Waals surface area contributed by atoms with Gasteiger partial charge in [-0.05, 0) is 43.8 Å². The van der Waals surface area contributed by atoms with Gasteiger partial charge in [0.25, 0.3) is 5.69 Å². The molecule has 0 fully saturated rings. The van der Waals surface area contributed by atoms with E-state index in [0.29, 0.717) is 0 Å². The minimum absolute atomic E-state index is 0.0971. The smallest absolute Gasteiger partial charge is 0.269 e. The summed E-state index contributed by atoms with van der Waals surface area (Å²) in [5, 5.41) is 14.7. The van der Waals surface area contributed by atoms with Crippen LogP contribution in [0.25, 0.3) is 0 Å². The van der Waals surface area contributed by atoms with Crippen molar-refractivity contribution in [1.29, 1.82) is 0 Å². The molecule has 2 rings (SSSR count). The van der Waals surface area contributed by atoms with Crippen LogP contribution in [-0.4, -0.2) is 17.0 Å². The fourth-order valence-electron chi connectivity index (χ4n) is 1.67. The molecule has 0 radical (unpaired) electrons. The number of pyridine rings is 1. The lowest BCUT2D eigenvalue weighted by Crippen LogP contribution is -2.12. The Hall–Kier alpha value is -1.92. The van der Waals surface area contributed by atoms with Crippen molar-refractivity contribution in [2.24, 2.45) is 0 Å². The molecular formula is C14H15N3O2S. The van der Waals surface area contributed by atoms with E-state index in [4.69, 9.17) is 0 Å². The molecule has 0 saturated heterocycles. The van der Waals surface area contributed by atoms with E-state index in [1.54, 1.807) is 18.3 Å². The third kappa shape index (κ3) is 3.55. The van der Waals surface area contributed by atoms with Crippen molar-refractivity contribution in [3.8, 4) is 0 Å². The molecule has 5 nitrogen and oxygen atoms in total. The van der Waals surface area contributed by atoms with Gasteiger partial charge in [-0.3, -0.25) is 10.1 Å². The average Bonchev–Trinajstić information content (AvgIpc) is 2.47. The van der Waals surface area contributed by atoms with Crippen LogP contribution in [0.15, 0.2) is 52.5 Å². The maximum absolute atomic E-state index is 10.6. The molecule has 1 atom stereocenters. The molecule has 2 aromatic rings. The number of benzene rings is 1. The number of aromatic nitrogens is 1. The first-order valence-electron chi connectivity index (χ1n) is 6.15. The van der Waals surface area contributed by atoms with E-state index in [0.717, 1.165) is 15.5 Å². The van der Waals surface area contributed by atoms with Crippen LogP contribution in [0.2, 0.25) is 0 Å². The predicted molar refractivity (Wildman–Crippen MR) is 78.9 cm³/mol. The summed E-state index contributed by atoms with van der Waals surface area (Å²) in [6.45, 7) is 2.08. The van der Waals surface area contributed by atoms with Crippen LogP contribution in [-0.2, 0) is 0 Å². The molecule has 1 aromatic heterocycles. The lowest BCUT2D eigenvalue weighted by Gasteiger charge is -2.11. The van der Waals surface area contributed by atoms with Crippen molar-refractivity contribution in [3.63, 3.8) is 0 Å². The molecule has 1 heterocycles. The summed E-state index contributed by atoms with van der Waals surface area (Å²) in [5.41, 5.74) is 1.26. The fourth-order valence-corrected chi connectivity index (χ4v) is 2.50. The summed E-state index contributed by atoms with van der Waals surface area (Å²) in [6, 6.07) is 10.7. The molecule has 0 amide bonds. The fraction of sp³-hybridized carbons (Fsp3) is 0.214. The minimum Gasteiger partial charge on any atom is -0.313 e. The molecule has 0 bridgehead atoms. The summed E-state index contributed by atoms with van der Waals surface area (Å²) in [4.78, 5) is 15.4. The number of non-ortho nitro benzene ring substituents is 1. The Morgan fingerprint density at radius 1 is 1.30 bits per heavy atom. The number of hydrogen-bond donors (Lipinski definition) is 1. The van der Waals surface area contributed by atoms with Crippen molar-refractivity contribution >= 4 is 17.4 Å². The number of nitrogens with zero attached hydrogens (tertiary/aromatic N) is 2. The quantitative estimate of drug-likeness (QED) is 0.674. The van der Waals surface area contributed by atoms with Gasteiger partial charge in [0.15, 0.2) is 0 Å². The topological polar surface area (TPSA) is 68.1 Å². The van der Waals surface area contributed by atoms with Crippen LogP contribution in [0.3, 0.4) is 0 Å². The highest BCUT2D eigenvalue weighted by atomic mass is 32.2. The van der Waals surface area contributed by atoms with E-state index in [2.05, 4.69) is 17.2 Å². The number of nitrogens with one attached hydrogen (secondary N) is 1. The first-order chi connectivity index (χ1) is 9.60. The Morgan fingerprint density at radius 3 is 2.60 bits per heavy atom. The molecule has 6 heteroatoms. The van der Waals surface area contributed by atoms with Gasteiger partial charge in [0.2, 0.25) is 0 Å². The van der Waals surface area contributed by atoms with Gasteiger partial charge >= 0.3 is 0 Å². The number of nitro benzene ring substituents is 1. The standard InChI is InChI=1S/C14H15N3O2S/c1-10(15-2)11-7-8-16-14(9-11)20-13-5-3-12(4-6-13)17(18)19/h3-10,15H,1-2H3. The van der Waals surface area contributed by atoms with Gasteiger partial charge in [0.05, 0.1) is 4.92 Å². The van der Waals surface area contributed by atoms with Crippen LogP contribution < -0.4 is 5.32 Å². The molecule has 20 heavy (non-hydrogen) atoms. The number of rotatable bonds is 5. The Kier molecular flexibility index (Phi) is 4.70. The van der Waals surface area contributed by atoms with Gasteiger partial charge in [-0.25, -0.2) is 4.98 Å². The highest BCUT2D eigenvalue weighted by molar-refractivity contribution is 7.99. The summed E-state index contributed by atoms with van der Waals surface area (Å²) in [7, 11) is 1.91. The second-order valence-corrected chi connectivity index (χ2v) is 5.38. The minimum atomic E-state index is -0.401. The maximum atomic E-state index is 10.6. The van der Waals surface area contributed by atoms with Gasteiger partial charge in [0, 0.05) is 29.3 Å². The van der Waals surface area contributed by atoms with Gasteiger partial charge in [-0.2, -0.15) is 0 Å². The first-order valence-corrected chi connectivity index (χ1v) is 6.97. The Labute approximate surface area is 121 Å². The van der Waals surface area contributed by atoms with Gasteiger partial charge in [0.1, 0.15) is 5.03 Å². The van der Waals surface area contributed by atoms with Gasteiger partial charge in [-0.15, -0.1) is 0 Å². The number of hydrogen-bond acceptors (Lipinski definition) is 5. The highest BCUT2D eigenvalue weighted by Crippen LogP contribution is 2.28.